The Morgan fingerprint density at radius 1 is 1.15 bits per heavy atom. The van der Waals surface area contributed by atoms with Crippen LogP contribution in [0.3, 0.4) is 0 Å². The summed E-state index contributed by atoms with van der Waals surface area (Å²) >= 11 is 3.39. The number of ether oxygens (including phenoxy) is 2. The Labute approximate surface area is 166 Å². The maximum absolute atomic E-state index is 12.1. The van der Waals surface area contributed by atoms with Crippen molar-refractivity contribution in [1.82, 2.24) is 4.90 Å². The molecule has 0 aromatic heterocycles. The number of halogens is 1. The van der Waals surface area contributed by atoms with E-state index in [9.17, 15) is 10.1 Å². The lowest BCUT2D eigenvalue weighted by Crippen LogP contribution is -2.42. The lowest BCUT2D eigenvalue weighted by molar-refractivity contribution is -0.137. The first kappa shape index (κ1) is 19.2. The van der Waals surface area contributed by atoms with Gasteiger partial charge in [-0.1, -0.05) is 40.2 Å². The van der Waals surface area contributed by atoms with Crippen molar-refractivity contribution >= 4 is 33.5 Å². The number of morpholine rings is 1. The van der Waals surface area contributed by atoms with Gasteiger partial charge in [0.25, 0.3) is 5.91 Å². The Bertz CT molecular complexity index is 848. The third-order valence-corrected chi connectivity index (χ3v) is 4.72. The Balaban J connectivity index is 1.61. The molecule has 0 unspecified atom stereocenters. The number of allylic oxidation sites excluding steroid dienone is 1. The molecule has 1 amide bonds. The van der Waals surface area contributed by atoms with Gasteiger partial charge in [-0.05, 0) is 41.5 Å². The first-order valence-electron chi connectivity index (χ1n) is 8.62. The largest absolute Gasteiger partial charge is 0.484 e. The third-order valence-electron chi connectivity index (χ3n) is 4.19. The summed E-state index contributed by atoms with van der Waals surface area (Å²) in [7, 11) is 0. The van der Waals surface area contributed by atoms with Crippen LogP contribution >= 0.6 is 15.9 Å². The number of rotatable bonds is 5. The highest BCUT2D eigenvalue weighted by Gasteiger charge is 2.17. The van der Waals surface area contributed by atoms with Gasteiger partial charge in [0.15, 0.2) is 6.61 Å². The van der Waals surface area contributed by atoms with Crippen molar-refractivity contribution in [3.8, 4) is 11.8 Å². The highest BCUT2D eigenvalue weighted by molar-refractivity contribution is 9.10. The fraction of sp³-hybridized carbons (Fsp3) is 0.238. The normalized spacial score (nSPS) is 14.5. The summed E-state index contributed by atoms with van der Waals surface area (Å²) in [6.07, 6.45) is 1.83. The van der Waals surface area contributed by atoms with Crippen LogP contribution < -0.4 is 4.74 Å². The molecule has 27 heavy (non-hydrogen) atoms. The lowest BCUT2D eigenvalue weighted by atomic mass is 10.0. The summed E-state index contributed by atoms with van der Waals surface area (Å²) in [5.74, 6) is 0.584. The van der Waals surface area contributed by atoms with Crippen molar-refractivity contribution in [3.05, 3.63) is 64.1 Å². The minimum Gasteiger partial charge on any atom is -0.484 e. The van der Waals surface area contributed by atoms with Gasteiger partial charge in [-0.15, -0.1) is 0 Å². The first-order chi connectivity index (χ1) is 13.2. The summed E-state index contributed by atoms with van der Waals surface area (Å²) in [6.45, 7) is 2.38. The zero-order valence-corrected chi connectivity index (χ0v) is 16.3. The summed E-state index contributed by atoms with van der Waals surface area (Å²) in [5, 5.41) is 9.43. The second kappa shape index (κ2) is 9.36. The van der Waals surface area contributed by atoms with E-state index >= 15 is 0 Å². The number of carbonyl (C=O) groups excluding carboxylic acids is 1. The van der Waals surface area contributed by atoms with Crippen molar-refractivity contribution in [2.75, 3.05) is 32.9 Å². The first-order valence-corrected chi connectivity index (χ1v) is 9.41. The molecule has 0 radical (unpaired) electrons. The van der Waals surface area contributed by atoms with Gasteiger partial charge in [0.2, 0.25) is 0 Å². The molecular weight excluding hydrogens is 408 g/mol. The number of hydrogen-bond acceptors (Lipinski definition) is 4. The number of benzene rings is 2. The molecule has 6 heteroatoms. The summed E-state index contributed by atoms with van der Waals surface area (Å²) in [4.78, 5) is 13.8. The van der Waals surface area contributed by atoms with Crippen molar-refractivity contribution < 1.29 is 14.3 Å². The molecule has 3 rings (SSSR count). The van der Waals surface area contributed by atoms with Crippen LogP contribution in [0.5, 0.6) is 5.75 Å². The molecule has 1 aliphatic heterocycles. The predicted molar refractivity (Wildman–Crippen MR) is 107 cm³/mol. The van der Waals surface area contributed by atoms with Crippen LogP contribution in [0.4, 0.5) is 0 Å². The van der Waals surface area contributed by atoms with Crippen molar-refractivity contribution in [2.24, 2.45) is 0 Å². The average molecular weight is 427 g/mol. The molecule has 1 heterocycles. The smallest absolute Gasteiger partial charge is 0.260 e. The van der Waals surface area contributed by atoms with Crippen molar-refractivity contribution in [3.63, 3.8) is 0 Å². The fourth-order valence-corrected chi connectivity index (χ4v) is 2.95. The van der Waals surface area contributed by atoms with E-state index in [1.165, 1.54) is 0 Å². The second-order valence-corrected chi connectivity index (χ2v) is 6.94. The van der Waals surface area contributed by atoms with Crippen LogP contribution in [0.25, 0.3) is 11.6 Å². The molecule has 0 aliphatic carbocycles. The zero-order valence-electron chi connectivity index (χ0n) is 14.7. The summed E-state index contributed by atoms with van der Waals surface area (Å²) in [5.41, 5.74) is 2.33. The van der Waals surface area contributed by atoms with E-state index in [0.29, 0.717) is 37.6 Å². The molecule has 2 aromatic rings. The maximum Gasteiger partial charge on any atom is 0.260 e. The SMILES string of the molecule is N#C/C(=C\c1ccc(OCC(=O)N2CCOCC2)cc1)c1ccc(Br)cc1. The van der Waals surface area contributed by atoms with Gasteiger partial charge in [-0.25, -0.2) is 0 Å². The highest BCUT2D eigenvalue weighted by atomic mass is 79.9. The number of hydrogen-bond donors (Lipinski definition) is 0. The van der Waals surface area contributed by atoms with Gasteiger partial charge in [0.1, 0.15) is 5.75 Å². The second-order valence-electron chi connectivity index (χ2n) is 6.03. The van der Waals surface area contributed by atoms with Crippen molar-refractivity contribution in [1.29, 1.82) is 5.26 Å². The molecule has 1 saturated heterocycles. The number of nitrogens with zero attached hydrogens (tertiary/aromatic N) is 2. The van der Waals surface area contributed by atoms with Crippen LogP contribution in [0, 0.1) is 11.3 Å². The van der Waals surface area contributed by atoms with Crippen LogP contribution in [-0.4, -0.2) is 43.7 Å². The third kappa shape index (κ3) is 5.43. The van der Waals surface area contributed by atoms with Crippen LogP contribution in [0.15, 0.2) is 53.0 Å². The van der Waals surface area contributed by atoms with E-state index in [0.717, 1.165) is 15.6 Å². The van der Waals surface area contributed by atoms with Crippen LogP contribution in [0.2, 0.25) is 0 Å². The van der Waals surface area contributed by atoms with Gasteiger partial charge < -0.3 is 14.4 Å². The fourth-order valence-electron chi connectivity index (χ4n) is 2.69. The van der Waals surface area contributed by atoms with E-state index in [-0.39, 0.29) is 12.5 Å². The molecule has 1 fully saturated rings. The van der Waals surface area contributed by atoms with E-state index < -0.39 is 0 Å². The van der Waals surface area contributed by atoms with E-state index in [4.69, 9.17) is 9.47 Å². The minimum atomic E-state index is -0.0377. The standard InChI is InChI=1S/C21H19BrN2O3/c22-19-5-3-17(4-6-19)18(14-23)13-16-1-7-20(8-2-16)27-15-21(25)24-9-11-26-12-10-24/h1-8,13H,9-12,15H2/b18-13+. The maximum atomic E-state index is 12.1. The highest BCUT2D eigenvalue weighted by Crippen LogP contribution is 2.21. The predicted octanol–water partition coefficient (Wildman–Crippen LogP) is 3.75. The Kier molecular flexibility index (Phi) is 6.64. The van der Waals surface area contributed by atoms with E-state index in [1.807, 2.05) is 42.5 Å². The molecule has 1 aliphatic rings. The van der Waals surface area contributed by atoms with E-state index in [2.05, 4.69) is 22.0 Å². The summed E-state index contributed by atoms with van der Waals surface area (Å²) < 4.78 is 11.8. The molecule has 0 atom stereocenters. The van der Waals surface area contributed by atoms with Gasteiger partial charge in [0, 0.05) is 17.6 Å². The van der Waals surface area contributed by atoms with Crippen LogP contribution in [0.1, 0.15) is 11.1 Å². The Hall–Kier alpha value is -2.62. The monoisotopic (exact) mass is 426 g/mol. The van der Waals surface area contributed by atoms with Gasteiger partial charge in [-0.2, -0.15) is 5.26 Å². The topological polar surface area (TPSA) is 62.6 Å². The molecule has 2 aromatic carbocycles. The Morgan fingerprint density at radius 3 is 2.44 bits per heavy atom. The zero-order chi connectivity index (χ0) is 19.1. The lowest BCUT2D eigenvalue weighted by Gasteiger charge is -2.26. The quantitative estimate of drug-likeness (QED) is 0.539. The molecule has 0 saturated carbocycles. The molecule has 0 spiro atoms. The number of amides is 1. The summed E-state index contributed by atoms with van der Waals surface area (Å²) in [6, 6.07) is 17.2. The van der Waals surface area contributed by atoms with Gasteiger partial charge in [0.05, 0.1) is 24.9 Å². The van der Waals surface area contributed by atoms with Gasteiger partial charge in [-0.3, -0.25) is 4.79 Å². The average Bonchev–Trinajstić information content (AvgIpc) is 2.72. The van der Waals surface area contributed by atoms with Crippen LogP contribution in [-0.2, 0) is 9.53 Å². The Morgan fingerprint density at radius 2 is 1.81 bits per heavy atom. The number of carbonyl (C=O) groups is 1. The minimum absolute atomic E-state index is 0.0114. The van der Waals surface area contributed by atoms with Gasteiger partial charge >= 0.3 is 0 Å². The molecular formula is C21H19BrN2O3. The molecule has 5 nitrogen and oxygen atoms in total. The molecule has 0 bridgehead atoms. The number of nitriles is 1. The molecule has 0 N–H and O–H groups in total. The molecule has 138 valence electrons. The van der Waals surface area contributed by atoms with Crippen molar-refractivity contribution in [2.45, 2.75) is 0 Å². The van der Waals surface area contributed by atoms with E-state index in [1.54, 1.807) is 17.0 Å².